The highest BCUT2D eigenvalue weighted by Gasteiger charge is 2.27. The third-order valence-electron chi connectivity index (χ3n) is 3.14. The van der Waals surface area contributed by atoms with E-state index in [0.29, 0.717) is 17.2 Å². The summed E-state index contributed by atoms with van der Waals surface area (Å²) in [6.07, 6.45) is 7.38. The fourth-order valence-electron chi connectivity index (χ4n) is 2.41. The van der Waals surface area contributed by atoms with Gasteiger partial charge < -0.3 is 10.1 Å². The molecule has 2 rings (SSSR count). The molecule has 1 heterocycles. The smallest absolute Gasteiger partial charge is 0.234 e. The Morgan fingerprint density at radius 1 is 1.42 bits per heavy atom. The molecule has 0 aliphatic heterocycles. The summed E-state index contributed by atoms with van der Waals surface area (Å²) in [7, 11) is 0. The van der Waals surface area contributed by atoms with Crippen molar-refractivity contribution in [3.63, 3.8) is 0 Å². The second-order valence-corrected chi connectivity index (χ2v) is 6.60. The minimum Gasteiger partial charge on any atom is -0.474 e. The Morgan fingerprint density at radius 3 is 3.00 bits per heavy atom. The average molecular weight is 281 g/mol. The summed E-state index contributed by atoms with van der Waals surface area (Å²) in [6, 6.07) is 0.508. The maximum Gasteiger partial charge on any atom is 0.234 e. The SMILES string of the molecule is CCSC1CCCC1Nc1cncc(OC(C)C)n1. The van der Waals surface area contributed by atoms with Crippen molar-refractivity contribution >= 4 is 17.6 Å². The maximum absolute atomic E-state index is 5.57. The first kappa shape index (κ1) is 14.4. The zero-order valence-electron chi connectivity index (χ0n) is 11.9. The number of nitrogens with zero attached hydrogens (tertiary/aromatic N) is 2. The summed E-state index contributed by atoms with van der Waals surface area (Å²) in [5, 5.41) is 4.21. The molecule has 2 atom stereocenters. The van der Waals surface area contributed by atoms with E-state index in [4.69, 9.17) is 4.74 Å². The number of aromatic nitrogens is 2. The lowest BCUT2D eigenvalue weighted by molar-refractivity contribution is 0.232. The fourth-order valence-corrected chi connectivity index (χ4v) is 3.61. The first-order valence-corrected chi connectivity index (χ1v) is 8.10. The normalized spacial score (nSPS) is 22.7. The first-order chi connectivity index (χ1) is 9.19. The highest BCUT2D eigenvalue weighted by Crippen LogP contribution is 2.31. The van der Waals surface area contributed by atoms with Gasteiger partial charge in [0.15, 0.2) is 0 Å². The molecule has 1 N–H and O–H groups in total. The summed E-state index contributed by atoms with van der Waals surface area (Å²) in [5.41, 5.74) is 0. The molecule has 106 valence electrons. The van der Waals surface area contributed by atoms with E-state index in [0.717, 1.165) is 5.82 Å². The summed E-state index contributed by atoms with van der Waals surface area (Å²) in [4.78, 5) is 8.66. The van der Waals surface area contributed by atoms with Gasteiger partial charge in [0.05, 0.1) is 18.5 Å². The van der Waals surface area contributed by atoms with Crippen LogP contribution in [0.3, 0.4) is 0 Å². The van der Waals surface area contributed by atoms with Crippen molar-refractivity contribution < 1.29 is 4.74 Å². The highest BCUT2D eigenvalue weighted by atomic mass is 32.2. The van der Waals surface area contributed by atoms with Gasteiger partial charge in [-0.2, -0.15) is 16.7 Å². The quantitative estimate of drug-likeness (QED) is 0.866. The van der Waals surface area contributed by atoms with Gasteiger partial charge in [0.25, 0.3) is 0 Å². The number of thioether (sulfide) groups is 1. The fraction of sp³-hybridized carbons (Fsp3) is 0.714. The monoisotopic (exact) mass is 281 g/mol. The van der Waals surface area contributed by atoms with Gasteiger partial charge in [-0.25, -0.2) is 0 Å². The Morgan fingerprint density at radius 2 is 2.26 bits per heavy atom. The average Bonchev–Trinajstić information content (AvgIpc) is 2.77. The van der Waals surface area contributed by atoms with Crippen LogP contribution in [0, 0.1) is 0 Å². The van der Waals surface area contributed by atoms with Crippen LogP contribution < -0.4 is 10.1 Å². The molecule has 4 nitrogen and oxygen atoms in total. The van der Waals surface area contributed by atoms with Crippen LogP contribution in [0.15, 0.2) is 12.4 Å². The van der Waals surface area contributed by atoms with E-state index < -0.39 is 0 Å². The molecule has 5 heteroatoms. The molecule has 0 saturated heterocycles. The lowest BCUT2D eigenvalue weighted by Gasteiger charge is -2.20. The van der Waals surface area contributed by atoms with Gasteiger partial charge in [-0.1, -0.05) is 13.3 Å². The summed E-state index contributed by atoms with van der Waals surface area (Å²) < 4.78 is 5.57. The predicted octanol–water partition coefficient (Wildman–Crippen LogP) is 3.35. The van der Waals surface area contributed by atoms with E-state index in [9.17, 15) is 0 Å². The van der Waals surface area contributed by atoms with Crippen LogP contribution in [0.1, 0.15) is 40.0 Å². The van der Waals surface area contributed by atoms with Crippen LogP contribution in [0.4, 0.5) is 5.82 Å². The van der Waals surface area contributed by atoms with E-state index in [1.165, 1.54) is 25.0 Å². The number of ether oxygens (including phenoxy) is 1. The van der Waals surface area contributed by atoms with Crippen molar-refractivity contribution in [2.24, 2.45) is 0 Å². The third kappa shape index (κ3) is 4.27. The molecule has 0 spiro atoms. The van der Waals surface area contributed by atoms with Gasteiger partial charge in [0.2, 0.25) is 5.88 Å². The lowest BCUT2D eigenvalue weighted by atomic mass is 10.2. The summed E-state index contributed by atoms with van der Waals surface area (Å²) in [5.74, 6) is 2.59. The molecule has 1 fully saturated rings. The highest BCUT2D eigenvalue weighted by molar-refractivity contribution is 7.99. The summed E-state index contributed by atoms with van der Waals surface area (Å²) >= 11 is 2.04. The van der Waals surface area contributed by atoms with Gasteiger partial charge in [-0.15, -0.1) is 0 Å². The van der Waals surface area contributed by atoms with Crippen LogP contribution >= 0.6 is 11.8 Å². The molecule has 1 aliphatic rings. The van der Waals surface area contributed by atoms with E-state index in [2.05, 4.69) is 22.2 Å². The Balaban J connectivity index is 1.98. The molecular weight excluding hydrogens is 258 g/mol. The van der Waals surface area contributed by atoms with Crippen molar-refractivity contribution in [3.8, 4) is 5.88 Å². The first-order valence-electron chi connectivity index (χ1n) is 7.06. The van der Waals surface area contributed by atoms with Gasteiger partial charge >= 0.3 is 0 Å². The molecule has 0 radical (unpaired) electrons. The lowest BCUT2D eigenvalue weighted by Crippen LogP contribution is -2.26. The van der Waals surface area contributed by atoms with Crippen LogP contribution in [0.5, 0.6) is 5.88 Å². The van der Waals surface area contributed by atoms with Gasteiger partial charge in [0, 0.05) is 11.3 Å². The van der Waals surface area contributed by atoms with E-state index in [1.807, 2.05) is 25.6 Å². The molecule has 1 saturated carbocycles. The van der Waals surface area contributed by atoms with E-state index in [-0.39, 0.29) is 6.10 Å². The molecule has 1 aliphatic carbocycles. The van der Waals surface area contributed by atoms with Gasteiger partial charge in [0.1, 0.15) is 5.82 Å². The van der Waals surface area contributed by atoms with Crippen molar-refractivity contribution in [1.29, 1.82) is 0 Å². The van der Waals surface area contributed by atoms with Gasteiger partial charge in [-0.05, 0) is 32.4 Å². The van der Waals surface area contributed by atoms with Crippen molar-refractivity contribution in [2.45, 2.75) is 57.4 Å². The number of hydrogen-bond donors (Lipinski definition) is 1. The molecule has 2 unspecified atom stereocenters. The standard InChI is InChI=1S/C14H23N3OS/c1-4-19-12-7-5-6-11(12)16-13-8-15-9-14(17-13)18-10(2)3/h8-12H,4-7H2,1-3H3,(H,16,17). The molecule has 0 aromatic carbocycles. The Kier molecular flexibility index (Phi) is 5.31. The van der Waals surface area contributed by atoms with Crippen LogP contribution in [0.25, 0.3) is 0 Å². The Bertz CT molecular complexity index is 400. The maximum atomic E-state index is 5.57. The summed E-state index contributed by atoms with van der Waals surface area (Å²) in [6.45, 7) is 6.20. The predicted molar refractivity (Wildman–Crippen MR) is 81.0 cm³/mol. The van der Waals surface area contributed by atoms with E-state index in [1.54, 1.807) is 12.4 Å². The molecular formula is C14H23N3OS. The largest absolute Gasteiger partial charge is 0.474 e. The molecule has 0 bridgehead atoms. The molecule has 19 heavy (non-hydrogen) atoms. The number of rotatable bonds is 6. The molecule has 1 aromatic rings. The van der Waals surface area contributed by atoms with Crippen molar-refractivity contribution in [2.75, 3.05) is 11.1 Å². The number of hydrogen-bond acceptors (Lipinski definition) is 5. The van der Waals surface area contributed by atoms with Gasteiger partial charge in [-0.3, -0.25) is 4.98 Å². The third-order valence-corrected chi connectivity index (χ3v) is 4.46. The second kappa shape index (κ2) is 6.98. The Hall–Kier alpha value is -0.970. The van der Waals surface area contributed by atoms with E-state index >= 15 is 0 Å². The van der Waals surface area contributed by atoms with Crippen molar-refractivity contribution in [1.82, 2.24) is 9.97 Å². The zero-order chi connectivity index (χ0) is 13.7. The molecule has 0 amide bonds. The minimum atomic E-state index is 0.124. The van der Waals surface area contributed by atoms with Crippen LogP contribution in [0.2, 0.25) is 0 Å². The number of nitrogens with one attached hydrogen (secondary N) is 1. The van der Waals surface area contributed by atoms with Crippen LogP contribution in [-0.2, 0) is 0 Å². The Labute approximate surface area is 119 Å². The second-order valence-electron chi connectivity index (χ2n) is 5.08. The van der Waals surface area contributed by atoms with Crippen molar-refractivity contribution in [3.05, 3.63) is 12.4 Å². The zero-order valence-corrected chi connectivity index (χ0v) is 12.7. The minimum absolute atomic E-state index is 0.124. The number of anilines is 1. The molecule has 1 aromatic heterocycles. The van der Waals surface area contributed by atoms with Crippen LogP contribution in [-0.4, -0.2) is 33.1 Å². The topological polar surface area (TPSA) is 47.0 Å².